The molecule has 1 aromatic carbocycles. The monoisotopic (exact) mass is 491 g/mol. The standard InChI is InChI=1S/C27H33N5O4/c1-34-22-4-3-19(17-23(22)35-2)21-5-12-28-24-18-20(30-32(21)24)25(33)29-26-6-9-27(10-7-26,11-8-26)31-13-15-36-16-14-31/h3-5,12,17-18H,6-11,13-16H2,1-2H3,(H,29,33). The van der Waals surface area contributed by atoms with E-state index in [9.17, 15) is 4.79 Å². The Kier molecular flexibility index (Phi) is 5.84. The van der Waals surface area contributed by atoms with Crippen molar-refractivity contribution in [3.63, 3.8) is 0 Å². The minimum Gasteiger partial charge on any atom is -0.493 e. The fourth-order valence-electron chi connectivity index (χ4n) is 6.39. The molecule has 2 bridgehead atoms. The van der Waals surface area contributed by atoms with E-state index in [0.29, 0.717) is 22.8 Å². The Morgan fingerprint density at radius 2 is 1.69 bits per heavy atom. The molecular weight excluding hydrogens is 458 g/mol. The van der Waals surface area contributed by atoms with Gasteiger partial charge in [-0.1, -0.05) is 0 Å². The lowest BCUT2D eigenvalue weighted by molar-refractivity contribution is -0.0763. The number of aromatic nitrogens is 3. The molecule has 1 aliphatic heterocycles. The Morgan fingerprint density at radius 3 is 2.39 bits per heavy atom. The van der Waals surface area contributed by atoms with Gasteiger partial charge in [0.1, 0.15) is 0 Å². The fraction of sp³-hybridized carbons (Fsp3) is 0.519. The molecule has 3 aromatic rings. The predicted molar refractivity (Wildman–Crippen MR) is 135 cm³/mol. The lowest BCUT2D eigenvalue weighted by atomic mass is 9.60. The van der Waals surface area contributed by atoms with Crippen molar-refractivity contribution in [1.29, 1.82) is 0 Å². The van der Waals surface area contributed by atoms with Crippen molar-refractivity contribution in [3.05, 3.63) is 42.2 Å². The maximum atomic E-state index is 13.4. The van der Waals surface area contributed by atoms with Crippen molar-refractivity contribution >= 4 is 11.6 Å². The van der Waals surface area contributed by atoms with E-state index < -0.39 is 0 Å². The van der Waals surface area contributed by atoms with Gasteiger partial charge in [0.05, 0.1) is 33.1 Å². The van der Waals surface area contributed by atoms with Gasteiger partial charge in [0.15, 0.2) is 22.8 Å². The minimum absolute atomic E-state index is 0.125. The molecule has 0 spiro atoms. The molecule has 9 heteroatoms. The van der Waals surface area contributed by atoms with Gasteiger partial charge in [0.25, 0.3) is 5.91 Å². The summed E-state index contributed by atoms with van der Waals surface area (Å²) in [7, 11) is 3.22. The van der Waals surface area contributed by atoms with Crippen molar-refractivity contribution in [2.24, 2.45) is 0 Å². The molecule has 0 atom stereocenters. The molecule has 9 nitrogen and oxygen atoms in total. The number of rotatable bonds is 6. The van der Waals surface area contributed by atoms with Crippen LogP contribution in [0.15, 0.2) is 36.5 Å². The maximum Gasteiger partial charge on any atom is 0.272 e. The smallest absolute Gasteiger partial charge is 0.272 e. The van der Waals surface area contributed by atoms with Gasteiger partial charge in [-0.3, -0.25) is 9.69 Å². The molecule has 4 aliphatic rings. The van der Waals surface area contributed by atoms with Gasteiger partial charge in [0, 0.05) is 42.0 Å². The van der Waals surface area contributed by atoms with Gasteiger partial charge in [-0.25, -0.2) is 9.50 Å². The maximum absolute atomic E-state index is 13.4. The van der Waals surface area contributed by atoms with Gasteiger partial charge in [-0.05, 0) is 62.8 Å². The molecule has 36 heavy (non-hydrogen) atoms. The molecule has 2 aromatic heterocycles. The fourth-order valence-corrected chi connectivity index (χ4v) is 6.39. The highest BCUT2D eigenvalue weighted by Crippen LogP contribution is 2.50. The second kappa shape index (κ2) is 9.05. The average molecular weight is 492 g/mol. The number of hydrogen-bond donors (Lipinski definition) is 1. The predicted octanol–water partition coefficient (Wildman–Crippen LogP) is 3.32. The highest BCUT2D eigenvalue weighted by atomic mass is 16.5. The number of fused-ring (bicyclic) bond motifs is 4. The number of nitrogens with one attached hydrogen (secondary N) is 1. The van der Waals surface area contributed by atoms with Crippen LogP contribution in [-0.2, 0) is 4.74 Å². The largest absolute Gasteiger partial charge is 0.493 e. The SMILES string of the molecule is COc1ccc(-c2ccnc3cc(C(=O)NC45CCC(N6CCOCC6)(CC4)CC5)nn23)cc1OC. The zero-order valence-corrected chi connectivity index (χ0v) is 21.0. The van der Waals surface area contributed by atoms with Crippen molar-refractivity contribution in [3.8, 4) is 22.8 Å². The third-order valence-electron chi connectivity index (χ3n) is 8.54. The molecular formula is C27H33N5O4. The summed E-state index contributed by atoms with van der Waals surface area (Å²) in [4.78, 5) is 20.5. The highest BCUT2D eigenvalue weighted by Gasteiger charge is 2.52. The van der Waals surface area contributed by atoms with Crippen LogP contribution in [0.3, 0.4) is 0 Å². The first-order valence-electron chi connectivity index (χ1n) is 12.8. The number of methoxy groups -OCH3 is 2. The van der Waals surface area contributed by atoms with Crippen molar-refractivity contribution in [1.82, 2.24) is 24.8 Å². The molecule has 0 radical (unpaired) electrons. The zero-order valence-electron chi connectivity index (χ0n) is 21.0. The molecule has 7 rings (SSSR count). The van der Waals surface area contributed by atoms with Crippen LogP contribution < -0.4 is 14.8 Å². The summed E-state index contributed by atoms with van der Waals surface area (Å²) < 4.78 is 18.1. The first-order valence-corrected chi connectivity index (χ1v) is 12.8. The van der Waals surface area contributed by atoms with Crippen LogP contribution in [0.1, 0.15) is 49.0 Å². The Hall–Kier alpha value is -3.17. The molecule has 1 N–H and O–H groups in total. The summed E-state index contributed by atoms with van der Waals surface area (Å²) in [6, 6.07) is 9.36. The van der Waals surface area contributed by atoms with E-state index in [2.05, 4.69) is 20.3 Å². The summed E-state index contributed by atoms with van der Waals surface area (Å²) in [5.74, 6) is 1.16. The first-order chi connectivity index (χ1) is 17.5. The molecule has 4 fully saturated rings. The summed E-state index contributed by atoms with van der Waals surface area (Å²) >= 11 is 0. The van der Waals surface area contributed by atoms with Crippen LogP contribution in [0.5, 0.6) is 11.5 Å². The van der Waals surface area contributed by atoms with Crippen LogP contribution in [-0.4, -0.2) is 77.0 Å². The molecule has 0 unspecified atom stereocenters. The van der Waals surface area contributed by atoms with Crippen LogP contribution in [0, 0.1) is 0 Å². The first kappa shape index (κ1) is 23.2. The third-order valence-corrected chi connectivity index (χ3v) is 8.54. The van der Waals surface area contributed by atoms with E-state index in [-0.39, 0.29) is 17.0 Å². The lowest BCUT2D eigenvalue weighted by Crippen LogP contribution is -2.65. The number of carbonyl (C=O) groups is 1. The zero-order chi connectivity index (χ0) is 24.8. The Morgan fingerprint density at radius 1 is 0.972 bits per heavy atom. The Labute approximate surface area is 210 Å². The van der Waals surface area contributed by atoms with E-state index in [1.807, 2.05) is 24.3 Å². The number of benzene rings is 1. The van der Waals surface area contributed by atoms with Crippen molar-refractivity contribution in [2.75, 3.05) is 40.5 Å². The van der Waals surface area contributed by atoms with E-state index in [1.54, 1.807) is 31.0 Å². The van der Waals surface area contributed by atoms with Gasteiger partial charge in [-0.15, -0.1) is 0 Å². The molecule has 1 amide bonds. The van der Waals surface area contributed by atoms with Crippen LogP contribution in [0.2, 0.25) is 0 Å². The summed E-state index contributed by atoms with van der Waals surface area (Å²) in [5, 5.41) is 8.05. The van der Waals surface area contributed by atoms with Gasteiger partial charge >= 0.3 is 0 Å². The number of hydrogen-bond acceptors (Lipinski definition) is 7. The van der Waals surface area contributed by atoms with Crippen LogP contribution in [0.25, 0.3) is 16.9 Å². The van der Waals surface area contributed by atoms with Crippen molar-refractivity contribution < 1.29 is 19.0 Å². The van der Waals surface area contributed by atoms with Gasteiger partial charge < -0.3 is 19.5 Å². The van der Waals surface area contributed by atoms with Gasteiger partial charge in [0.2, 0.25) is 0 Å². The number of morpholine rings is 1. The topological polar surface area (TPSA) is 90.2 Å². The van der Waals surface area contributed by atoms with Crippen molar-refractivity contribution in [2.45, 2.75) is 49.6 Å². The molecule has 190 valence electrons. The minimum atomic E-state index is -0.138. The summed E-state index contributed by atoms with van der Waals surface area (Å²) in [5.41, 5.74) is 2.89. The second-order valence-electron chi connectivity index (χ2n) is 10.3. The number of nitrogens with zero attached hydrogens (tertiary/aromatic N) is 4. The molecule has 3 aliphatic carbocycles. The van der Waals surface area contributed by atoms with E-state index >= 15 is 0 Å². The van der Waals surface area contributed by atoms with E-state index in [4.69, 9.17) is 14.2 Å². The molecule has 3 saturated carbocycles. The quantitative estimate of drug-likeness (QED) is 0.566. The Balaban J connectivity index is 1.22. The average Bonchev–Trinajstić information content (AvgIpc) is 3.39. The summed E-state index contributed by atoms with van der Waals surface area (Å²) in [6.45, 7) is 3.71. The van der Waals surface area contributed by atoms with Gasteiger partial charge in [-0.2, -0.15) is 5.10 Å². The summed E-state index contributed by atoms with van der Waals surface area (Å²) in [6.07, 6.45) is 8.16. The Bertz CT molecular complexity index is 1260. The number of amides is 1. The van der Waals surface area contributed by atoms with Crippen LogP contribution >= 0.6 is 0 Å². The van der Waals surface area contributed by atoms with Crippen LogP contribution in [0.4, 0.5) is 0 Å². The molecule has 1 saturated heterocycles. The highest BCUT2D eigenvalue weighted by molar-refractivity contribution is 5.94. The lowest BCUT2D eigenvalue weighted by Gasteiger charge is -2.58. The van der Waals surface area contributed by atoms with E-state index in [0.717, 1.165) is 76.1 Å². The number of ether oxygens (including phenoxy) is 3. The molecule has 3 heterocycles. The van der Waals surface area contributed by atoms with E-state index in [1.165, 1.54) is 0 Å². The third kappa shape index (κ3) is 3.90. The normalized spacial score (nSPS) is 26.2. The number of carbonyl (C=O) groups excluding carboxylic acids is 1. The second-order valence-corrected chi connectivity index (χ2v) is 10.3.